The van der Waals surface area contributed by atoms with Crippen LogP contribution in [0.2, 0.25) is 0 Å². The minimum atomic E-state index is -1.82. The van der Waals surface area contributed by atoms with Gasteiger partial charge in [0.2, 0.25) is 0 Å². The molecule has 2 atom stereocenters. The van der Waals surface area contributed by atoms with Gasteiger partial charge in [-0.2, -0.15) is 0 Å². The molecule has 5 rings (SSSR count). The summed E-state index contributed by atoms with van der Waals surface area (Å²) < 4.78 is 21.4. The lowest BCUT2D eigenvalue weighted by molar-refractivity contribution is -0.155. The highest BCUT2D eigenvalue weighted by molar-refractivity contribution is 6.08. The number of benzene rings is 3. The van der Waals surface area contributed by atoms with Crippen LogP contribution >= 0.6 is 0 Å². The van der Waals surface area contributed by atoms with Crippen LogP contribution in [-0.2, 0) is 32.1 Å². The van der Waals surface area contributed by atoms with Gasteiger partial charge >= 0.3 is 17.8 Å². The molecule has 0 aliphatic carbocycles. The van der Waals surface area contributed by atoms with Gasteiger partial charge in [0.15, 0.2) is 23.3 Å². The Bertz CT molecular complexity index is 1670. The Labute approximate surface area is 259 Å². The Kier molecular flexibility index (Phi) is 9.73. The smallest absolute Gasteiger partial charge is 0.439 e. The molecule has 1 fully saturated rings. The lowest BCUT2D eigenvalue weighted by Gasteiger charge is -2.26. The minimum Gasteiger partial charge on any atom is -0.490 e. The number of esters is 1. The molecule has 1 aliphatic heterocycles. The van der Waals surface area contributed by atoms with Crippen LogP contribution in [0.15, 0.2) is 88.2 Å². The van der Waals surface area contributed by atoms with Crippen LogP contribution in [0.3, 0.4) is 0 Å². The molecule has 0 bridgehead atoms. The number of ether oxygens (including phenoxy) is 3. The fraction of sp³-hybridized carbons (Fsp3) is 0.303. The third-order valence-corrected chi connectivity index (χ3v) is 7.44. The number of nitrogens with zero attached hydrogens (tertiary/aromatic N) is 2. The number of amides is 1. The van der Waals surface area contributed by atoms with Gasteiger partial charge in [0.25, 0.3) is 0 Å². The number of carbonyl (C=O) groups excluding carboxylic acids is 3. The molecule has 1 aromatic heterocycles. The molecule has 0 spiro atoms. The molecule has 3 aromatic carbocycles. The quantitative estimate of drug-likeness (QED) is 0.155. The van der Waals surface area contributed by atoms with Gasteiger partial charge in [-0.05, 0) is 53.9 Å². The SMILES string of the molecule is CCCCC(=O)C(N)(Cc1ccc(OCC2CN(c3ccc(-c4noc(=O)[nH]4)cc3)C(=O)O2)cc1)C(=O)OCc1ccccc1. The summed E-state index contributed by atoms with van der Waals surface area (Å²) in [5.41, 5.74) is 7.37. The predicted molar refractivity (Wildman–Crippen MR) is 164 cm³/mol. The van der Waals surface area contributed by atoms with Gasteiger partial charge < -0.3 is 19.9 Å². The number of cyclic esters (lactones) is 1. The van der Waals surface area contributed by atoms with Crippen molar-refractivity contribution in [2.24, 2.45) is 5.73 Å². The van der Waals surface area contributed by atoms with Gasteiger partial charge in [-0.1, -0.05) is 61.0 Å². The van der Waals surface area contributed by atoms with Crippen molar-refractivity contribution >= 4 is 23.5 Å². The molecule has 0 saturated carbocycles. The van der Waals surface area contributed by atoms with Crippen molar-refractivity contribution in [1.82, 2.24) is 10.1 Å². The molecular weight excluding hydrogens is 580 g/mol. The lowest BCUT2D eigenvalue weighted by atomic mass is 9.85. The summed E-state index contributed by atoms with van der Waals surface area (Å²) in [6.07, 6.45) is 0.544. The van der Waals surface area contributed by atoms with Gasteiger partial charge in [-0.15, -0.1) is 0 Å². The number of H-pyrrole nitrogens is 1. The predicted octanol–water partition coefficient (Wildman–Crippen LogP) is 4.18. The second-order valence-electron chi connectivity index (χ2n) is 10.8. The lowest BCUT2D eigenvalue weighted by Crippen LogP contribution is -2.57. The van der Waals surface area contributed by atoms with E-state index in [2.05, 4.69) is 14.7 Å². The summed E-state index contributed by atoms with van der Waals surface area (Å²) in [5, 5.41) is 3.65. The first kappa shape index (κ1) is 31.2. The number of unbranched alkanes of at least 4 members (excludes halogenated alkanes) is 1. The zero-order valence-corrected chi connectivity index (χ0v) is 24.8. The standard InChI is InChI=1S/C33H34N4O8/c1-2-3-9-28(38)33(34,30(39)43-20-23-7-5-4-6-8-23)18-22-10-16-26(17-11-22)42-21-27-19-37(32(41)44-27)25-14-12-24(13-15-25)29-35-31(40)45-36-29/h4-8,10-17,27H,2-3,9,18-21,34H2,1H3,(H,35,36,40). The van der Waals surface area contributed by atoms with Crippen LogP contribution in [0, 0.1) is 0 Å². The average Bonchev–Trinajstić information content (AvgIpc) is 3.67. The molecule has 1 aliphatic rings. The van der Waals surface area contributed by atoms with E-state index in [-0.39, 0.29) is 44.2 Å². The Morgan fingerprint density at radius 3 is 2.42 bits per heavy atom. The fourth-order valence-corrected chi connectivity index (χ4v) is 4.88. The molecule has 3 N–H and O–H groups in total. The second kappa shape index (κ2) is 14.0. The van der Waals surface area contributed by atoms with E-state index < -0.39 is 29.5 Å². The highest BCUT2D eigenvalue weighted by Gasteiger charge is 2.43. The van der Waals surface area contributed by atoms with Crippen molar-refractivity contribution < 1.29 is 33.1 Å². The molecule has 12 heteroatoms. The highest BCUT2D eigenvalue weighted by atomic mass is 16.6. The third-order valence-electron chi connectivity index (χ3n) is 7.44. The van der Waals surface area contributed by atoms with Crippen molar-refractivity contribution in [1.29, 1.82) is 0 Å². The van der Waals surface area contributed by atoms with E-state index in [4.69, 9.17) is 19.9 Å². The maximum atomic E-state index is 13.1. The Morgan fingerprint density at radius 2 is 1.76 bits per heavy atom. The van der Waals surface area contributed by atoms with Gasteiger partial charge in [-0.3, -0.25) is 19.2 Å². The maximum Gasteiger partial charge on any atom is 0.439 e. The number of Topliss-reactive ketones (excluding diaryl/α,β-unsaturated/α-hetero) is 1. The Morgan fingerprint density at radius 1 is 1.02 bits per heavy atom. The van der Waals surface area contributed by atoms with E-state index in [9.17, 15) is 19.2 Å². The molecule has 0 radical (unpaired) electrons. The largest absolute Gasteiger partial charge is 0.490 e. The molecule has 12 nitrogen and oxygen atoms in total. The summed E-state index contributed by atoms with van der Waals surface area (Å²) in [6, 6.07) is 23.0. The number of carbonyl (C=O) groups is 3. The van der Waals surface area contributed by atoms with Gasteiger partial charge in [0.05, 0.1) is 6.54 Å². The van der Waals surface area contributed by atoms with Crippen molar-refractivity contribution in [3.8, 4) is 17.1 Å². The molecule has 45 heavy (non-hydrogen) atoms. The van der Waals surface area contributed by atoms with Crippen LogP contribution in [0.1, 0.15) is 37.3 Å². The van der Waals surface area contributed by atoms with Crippen LogP contribution in [-0.4, -0.2) is 52.8 Å². The summed E-state index contributed by atoms with van der Waals surface area (Å²) in [4.78, 5) is 54.0. The minimum absolute atomic E-state index is 0.0196. The van der Waals surface area contributed by atoms with Gasteiger partial charge in [0, 0.05) is 24.1 Å². The number of aromatic nitrogens is 2. The van der Waals surface area contributed by atoms with Crippen LogP contribution in [0.4, 0.5) is 10.5 Å². The number of nitrogens with two attached hydrogens (primary N) is 1. The number of hydrogen-bond acceptors (Lipinski definition) is 10. The zero-order chi connectivity index (χ0) is 31.8. The molecule has 234 valence electrons. The topological polar surface area (TPSA) is 167 Å². The number of anilines is 1. The summed E-state index contributed by atoms with van der Waals surface area (Å²) in [6.45, 7) is 2.37. The second-order valence-corrected chi connectivity index (χ2v) is 10.8. The van der Waals surface area contributed by atoms with E-state index in [1.807, 2.05) is 37.3 Å². The normalized spacial score (nSPS) is 15.7. The summed E-state index contributed by atoms with van der Waals surface area (Å²) in [5.74, 6) is -0.970. The zero-order valence-electron chi connectivity index (χ0n) is 24.8. The first-order valence-corrected chi connectivity index (χ1v) is 14.6. The monoisotopic (exact) mass is 614 g/mol. The van der Waals surface area contributed by atoms with Crippen LogP contribution in [0.25, 0.3) is 11.4 Å². The fourth-order valence-electron chi connectivity index (χ4n) is 4.88. The van der Waals surface area contributed by atoms with Gasteiger partial charge in [0.1, 0.15) is 19.0 Å². The first-order valence-electron chi connectivity index (χ1n) is 14.6. The van der Waals surface area contributed by atoms with E-state index in [1.165, 1.54) is 4.90 Å². The van der Waals surface area contributed by atoms with Crippen molar-refractivity contribution in [3.63, 3.8) is 0 Å². The van der Waals surface area contributed by atoms with Crippen LogP contribution < -0.4 is 21.1 Å². The average molecular weight is 615 g/mol. The molecule has 4 aromatic rings. The van der Waals surface area contributed by atoms with Gasteiger partial charge in [-0.25, -0.2) is 14.4 Å². The maximum absolute atomic E-state index is 13.1. The molecule has 2 unspecified atom stereocenters. The third kappa shape index (κ3) is 7.65. The number of nitrogens with one attached hydrogen (secondary N) is 1. The highest BCUT2D eigenvalue weighted by Crippen LogP contribution is 2.26. The van der Waals surface area contributed by atoms with E-state index in [0.717, 1.165) is 12.0 Å². The molecular formula is C33H34N4O8. The number of rotatable bonds is 14. The molecule has 1 amide bonds. The Balaban J connectivity index is 1.17. The van der Waals surface area contributed by atoms with Crippen molar-refractivity contribution in [2.45, 2.75) is 50.9 Å². The summed E-state index contributed by atoms with van der Waals surface area (Å²) in [7, 11) is 0. The summed E-state index contributed by atoms with van der Waals surface area (Å²) >= 11 is 0. The molecule has 2 heterocycles. The van der Waals surface area contributed by atoms with E-state index in [1.54, 1.807) is 48.5 Å². The number of aromatic amines is 1. The molecule has 1 saturated heterocycles. The van der Waals surface area contributed by atoms with Crippen molar-refractivity contribution in [3.05, 3.63) is 101 Å². The number of ketones is 1. The first-order chi connectivity index (χ1) is 21.7. The van der Waals surface area contributed by atoms with E-state index in [0.29, 0.717) is 29.0 Å². The van der Waals surface area contributed by atoms with E-state index >= 15 is 0 Å². The Hall–Kier alpha value is -5.23. The van der Waals surface area contributed by atoms with Crippen LogP contribution in [0.5, 0.6) is 5.75 Å². The number of hydrogen-bond donors (Lipinski definition) is 2. The van der Waals surface area contributed by atoms with Crippen molar-refractivity contribution in [2.75, 3.05) is 18.1 Å².